The van der Waals surface area contributed by atoms with Crippen molar-refractivity contribution in [2.24, 2.45) is 0 Å². The molecule has 3 heterocycles. The number of carbonyl (C=O) groups excluding carboxylic acids is 1. The van der Waals surface area contributed by atoms with Gasteiger partial charge in [0.15, 0.2) is 0 Å². The number of aromatic nitrogens is 2. The van der Waals surface area contributed by atoms with E-state index in [-0.39, 0.29) is 17.9 Å². The van der Waals surface area contributed by atoms with Gasteiger partial charge in [0.1, 0.15) is 17.1 Å². The molecule has 1 saturated heterocycles. The third-order valence-corrected chi connectivity index (χ3v) is 5.60. The molecule has 3 aromatic rings. The van der Waals surface area contributed by atoms with Gasteiger partial charge in [-0.1, -0.05) is 12.1 Å². The fourth-order valence-corrected chi connectivity index (χ4v) is 4.05. The Kier molecular flexibility index (Phi) is 6.30. The molecule has 7 heteroatoms. The summed E-state index contributed by atoms with van der Waals surface area (Å²) >= 11 is 0. The summed E-state index contributed by atoms with van der Waals surface area (Å²) in [5.41, 5.74) is 3.06. The van der Waals surface area contributed by atoms with Gasteiger partial charge in [-0.15, -0.1) is 0 Å². The quantitative estimate of drug-likeness (QED) is 0.498. The predicted octanol–water partition coefficient (Wildman–Crippen LogP) is 3.26. The zero-order valence-electron chi connectivity index (χ0n) is 17.4. The van der Waals surface area contributed by atoms with Gasteiger partial charge in [-0.25, -0.2) is 4.98 Å². The van der Waals surface area contributed by atoms with Gasteiger partial charge in [0.05, 0.1) is 11.4 Å². The van der Waals surface area contributed by atoms with Crippen molar-refractivity contribution >= 4 is 16.9 Å². The molecule has 2 atom stereocenters. The van der Waals surface area contributed by atoms with E-state index in [4.69, 9.17) is 9.47 Å². The molecule has 0 aliphatic carbocycles. The Bertz CT molecular complexity index is 999. The standard InChI is InChI=1S/C23H28N4O3/c1-15-14-27-22-20(15)19(9-12-25-22)30-17-6-4-16(5-7-17)18-8-11-24-21(18)23(28)26-10-3-13-29-2/h4-7,9,12,14,18,21,24H,3,8,10-11,13H2,1-2H3,(H,25,27)(H,26,28)/t18?,21-/m0/s1. The molecule has 0 bridgehead atoms. The lowest BCUT2D eigenvalue weighted by molar-refractivity contribution is -0.123. The number of hydrogen-bond acceptors (Lipinski definition) is 5. The number of rotatable bonds is 8. The number of benzene rings is 1. The van der Waals surface area contributed by atoms with Crippen LogP contribution in [0.15, 0.2) is 42.7 Å². The monoisotopic (exact) mass is 408 g/mol. The highest BCUT2D eigenvalue weighted by molar-refractivity contribution is 5.86. The summed E-state index contributed by atoms with van der Waals surface area (Å²) in [5.74, 6) is 1.75. The maximum absolute atomic E-state index is 12.6. The van der Waals surface area contributed by atoms with Gasteiger partial charge in [-0.3, -0.25) is 4.79 Å². The van der Waals surface area contributed by atoms with E-state index in [1.165, 1.54) is 0 Å². The lowest BCUT2D eigenvalue weighted by Gasteiger charge is -2.20. The number of methoxy groups -OCH3 is 1. The van der Waals surface area contributed by atoms with Gasteiger partial charge in [-0.2, -0.15) is 0 Å². The first kappa shape index (κ1) is 20.4. The molecular weight excluding hydrogens is 380 g/mol. The number of pyridine rings is 1. The van der Waals surface area contributed by atoms with Crippen LogP contribution in [0.25, 0.3) is 11.0 Å². The molecule has 1 fully saturated rings. The smallest absolute Gasteiger partial charge is 0.237 e. The molecule has 3 N–H and O–H groups in total. The van der Waals surface area contributed by atoms with Gasteiger partial charge >= 0.3 is 0 Å². The predicted molar refractivity (Wildman–Crippen MR) is 116 cm³/mol. The molecule has 1 aromatic carbocycles. The molecule has 30 heavy (non-hydrogen) atoms. The van der Waals surface area contributed by atoms with E-state index in [9.17, 15) is 4.79 Å². The van der Waals surface area contributed by atoms with Crippen LogP contribution < -0.4 is 15.4 Å². The summed E-state index contributed by atoms with van der Waals surface area (Å²) in [6.07, 6.45) is 5.42. The van der Waals surface area contributed by atoms with Crippen LogP contribution in [0.5, 0.6) is 11.5 Å². The topological polar surface area (TPSA) is 88.3 Å². The average molecular weight is 409 g/mol. The van der Waals surface area contributed by atoms with Crippen LogP contribution in [0, 0.1) is 6.92 Å². The highest BCUT2D eigenvalue weighted by Crippen LogP contribution is 2.33. The van der Waals surface area contributed by atoms with Gasteiger partial charge in [0, 0.05) is 38.6 Å². The molecule has 2 aromatic heterocycles. The molecule has 4 rings (SSSR count). The molecule has 0 saturated carbocycles. The number of hydrogen-bond donors (Lipinski definition) is 3. The van der Waals surface area contributed by atoms with E-state index in [0.717, 1.165) is 53.0 Å². The zero-order chi connectivity index (χ0) is 20.9. The number of fused-ring (bicyclic) bond motifs is 1. The van der Waals surface area contributed by atoms with Crippen LogP contribution in [-0.4, -0.2) is 48.7 Å². The van der Waals surface area contributed by atoms with Crippen LogP contribution in [0.3, 0.4) is 0 Å². The molecule has 1 aliphatic heterocycles. The van der Waals surface area contributed by atoms with Crippen molar-refractivity contribution in [1.82, 2.24) is 20.6 Å². The van der Waals surface area contributed by atoms with E-state index >= 15 is 0 Å². The van der Waals surface area contributed by atoms with Crippen molar-refractivity contribution in [2.45, 2.75) is 31.7 Å². The largest absolute Gasteiger partial charge is 0.457 e. The van der Waals surface area contributed by atoms with Crippen molar-refractivity contribution in [3.05, 3.63) is 53.9 Å². The van der Waals surface area contributed by atoms with Crippen LogP contribution in [0.4, 0.5) is 0 Å². The minimum atomic E-state index is -0.207. The lowest BCUT2D eigenvalue weighted by Crippen LogP contribution is -2.43. The maximum Gasteiger partial charge on any atom is 0.237 e. The summed E-state index contributed by atoms with van der Waals surface area (Å²) in [6, 6.07) is 9.72. The number of nitrogens with zero attached hydrogens (tertiary/aromatic N) is 1. The molecule has 0 radical (unpaired) electrons. The summed E-state index contributed by atoms with van der Waals surface area (Å²) in [6.45, 7) is 4.14. The van der Waals surface area contributed by atoms with E-state index in [0.29, 0.717) is 13.2 Å². The second-order valence-corrected chi connectivity index (χ2v) is 7.64. The Morgan fingerprint density at radius 1 is 1.27 bits per heavy atom. The van der Waals surface area contributed by atoms with Gasteiger partial charge < -0.3 is 25.1 Å². The maximum atomic E-state index is 12.6. The SMILES string of the molecule is COCCCNC(=O)[C@H]1NCCC1c1ccc(Oc2ccnc3[nH]cc(C)c23)cc1. The summed E-state index contributed by atoms with van der Waals surface area (Å²) in [7, 11) is 1.67. The van der Waals surface area contributed by atoms with E-state index in [1.54, 1.807) is 13.3 Å². The number of carbonyl (C=O) groups is 1. The summed E-state index contributed by atoms with van der Waals surface area (Å²) in [4.78, 5) is 20.1. The molecule has 0 spiro atoms. The summed E-state index contributed by atoms with van der Waals surface area (Å²) < 4.78 is 11.2. The molecule has 1 amide bonds. The van der Waals surface area contributed by atoms with Crippen LogP contribution in [-0.2, 0) is 9.53 Å². The fraction of sp³-hybridized carbons (Fsp3) is 0.391. The molecular formula is C23H28N4O3. The molecule has 7 nitrogen and oxygen atoms in total. The second kappa shape index (κ2) is 9.28. The Labute approximate surface area is 176 Å². The van der Waals surface area contributed by atoms with E-state index < -0.39 is 0 Å². The third kappa shape index (κ3) is 4.32. The van der Waals surface area contributed by atoms with Crippen molar-refractivity contribution in [3.63, 3.8) is 0 Å². The van der Waals surface area contributed by atoms with Crippen molar-refractivity contribution < 1.29 is 14.3 Å². The Morgan fingerprint density at radius 2 is 2.10 bits per heavy atom. The number of H-pyrrole nitrogens is 1. The fourth-order valence-electron chi connectivity index (χ4n) is 4.05. The summed E-state index contributed by atoms with van der Waals surface area (Å²) in [5, 5.41) is 7.34. The highest BCUT2D eigenvalue weighted by atomic mass is 16.5. The van der Waals surface area contributed by atoms with Crippen molar-refractivity contribution in [1.29, 1.82) is 0 Å². The first-order valence-electron chi connectivity index (χ1n) is 10.4. The minimum Gasteiger partial charge on any atom is -0.457 e. The Balaban J connectivity index is 1.43. The Morgan fingerprint density at radius 3 is 2.90 bits per heavy atom. The average Bonchev–Trinajstić information content (AvgIpc) is 3.40. The number of nitrogens with one attached hydrogen (secondary N) is 3. The van der Waals surface area contributed by atoms with E-state index in [2.05, 4.69) is 32.7 Å². The van der Waals surface area contributed by atoms with Crippen LogP contribution in [0.1, 0.15) is 29.9 Å². The molecule has 158 valence electrons. The second-order valence-electron chi connectivity index (χ2n) is 7.64. The Hall–Kier alpha value is -2.90. The molecule has 1 aliphatic rings. The zero-order valence-corrected chi connectivity index (χ0v) is 17.4. The van der Waals surface area contributed by atoms with Crippen molar-refractivity contribution in [2.75, 3.05) is 26.8 Å². The molecule has 1 unspecified atom stereocenters. The van der Waals surface area contributed by atoms with Gasteiger partial charge in [0.2, 0.25) is 5.91 Å². The number of aryl methyl sites for hydroxylation is 1. The lowest BCUT2D eigenvalue weighted by atomic mass is 9.91. The van der Waals surface area contributed by atoms with Crippen LogP contribution >= 0.6 is 0 Å². The third-order valence-electron chi connectivity index (χ3n) is 5.60. The first-order valence-corrected chi connectivity index (χ1v) is 10.4. The first-order chi connectivity index (χ1) is 14.7. The number of ether oxygens (including phenoxy) is 2. The van der Waals surface area contributed by atoms with Crippen LogP contribution in [0.2, 0.25) is 0 Å². The normalized spacial score (nSPS) is 18.6. The van der Waals surface area contributed by atoms with Crippen molar-refractivity contribution in [3.8, 4) is 11.5 Å². The van der Waals surface area contributed by atoms with Gasteiger partial charge in [0.25, 0.3) is 0 Å². The van der Waals surface area contributed by atoms with E-state index in [1.807, 2.05) is 31.3 Å². The minimum absolute atomic E-state index is 0.0519. The van der Waals surface area contributed by atoms with Gasteiger partial charge in [-0.05, 0) is 55.6 Å². The number of amides is 1. The number of aromatic amines is 1. The highest BCUT2D eigenvalue weighted by Gasteiger charge is 2.33.